The lowest BCUT2D eigenvalue weighted by Gasteiger charge is -2.37. The van der Waals surface area contributed by atoms with E-state index in [1.165, 1.54) is 0 Å². The summed E-state index contributed by atoms with van der Waals surface area (Å²) >= 11 is 0. The highest BCUT2D eigenvalue weighted by molar-refractivity contribution is 5.97. The fraction of sp³-hybridized carbons (Fsp3) is 0.364. The predicted molar refractivity (Wildman–Crippen MR) is 101 cm³/mol. The van der Waals surface area contributed by atoms with Crippen LogP contribution in [0, 0.1) is 5.41 Å². The molecule has 2 atom stereocenters. The van der Waals surface area contributed by atoms with Gasteiger partial charge in [0.2, 0.25) is 0 Å². The van der Waals surface area contributed by atoms with Gasteiger partial charge in [0.15, 0.2) is 5.60 Å². The molecule has 1 aliphatic rings. The van der Waals surface area contributed by atoms with E-state index in [-0.39, 0.29) is 17.4 Å². The number of nitrogens with one attached hydrogen (secondary N) is 1. The maximum Gasteiger partial charge on any atom is 0.339 e. The highest BCUT2D eigenvalue weighted by Gasteiger charge is 2.44. The van der Waals surface area contributed by atoms with Crippen LogP contribution in [-0.2, 0) is 16.0 Å². The van der Waals surface area contributed by atoms with E-state index in [1.54, 1.807) is 19.1 Å². The van der Waals surface area contributed by atoms with Crippen LogP contribution in [0.5, 0.6) is 0 Å². The third-order valence-corrected chi connectivity index (χ3v) is 4.84. The molecule has 1 heterocycles. The molecular formula is C22H25NO3. The first-order valence-corrected chi connectivity index (χ1v) is 8.88. The van der Waals surface area contributed by atoms with Crippen molar-refractivity contribution in [2.45, 2.75) is 45.8 Å². The smallest absolute Gasteiger partial charge is 0.339 e. The molecule has 0 radical (unpaired) electrons. The first kappa shape index (κ1) is 18.2. The first-order chi connectivity index (χ1) is 12.2. The minimum atomic E-state index is -1.22. The maximum atomic E-state index is 13.1. The predicted octanol–water partition coefficient (Wildman–Crippen LogP) is 4.06. The number of ether oxygens (including phenoxy) is 1. The van der Waals surface area contributed by atoms with Crippen LogP contribution in [0.3, 0.4) is 0 Å². The number of fused-ring (bicyclic) bond motifs is 1. The van der Waals surface area contributed by atoms with E-state index in [0.29, 0.717) is 12.0 Å². The molecule has 2 aromatic carbocycles. The molecule has 1 amide bonds. The summed E-state index contributed by atoms with van der Waals surface area (Å²) in [5.41, 5.74) is 0.995. The maximum absolute atomic E-state index is 13.1. The molecule has 1 N–H and O–H groups in total. The van der Waals surface area contributed by atoms with Crippen LogP contribution in [0.2, 0.25) is 0 Å². The van der Waals surface area contributed by atoms with E-state index >= 15 is 0 Å². The quantitative estimate of drug-likeness (QED) is 0.849. The van der Waals surface area contributed by atoms with Gasteiger partial charge in [0.25, 0.3) is 5.91 Å². The summed E-state index contributed by atoms with van der Waals surface area (Å²) < 4.78 is 5.56. The van der Waals surface area contributed by atoms with Crippen LogP contribution < -0.4 is 5.32 Å². The number of benzene rings is 2. The molecule has 0 bridgehead atoms. The lowest BCUT2D eigenvalue weighted by Crippen LogP contribution is -2.53. The van der Waals surface area contributed by atoms with Crippen molar-refractivity contribution in [2.75, 3.05) is 0 Å². The van der Waals surface area contributed by atoms with Gasteiger partial charge in [0.05, 0.1) is 11.6 Å². The molecule has 136 valence electrons. The Balaban J connectivity index is 1.87. The van der Waals surface area contributed by atoms with Gasteiger partial charge >= 0.3 is 5.97 Å². The van der Waals surface area contributed by atoms with Crippen molar-refractivity contribution in [2.24, 2.45) is 5.41 Å². The molecule has 0 aromatic heterocycles. The van der Waals surface area contributed by atoms with Gasteiger partial charge in [-0.25, -0.2) is 4.79 Å². The average Bonchev–Trinajstić information content (AvgIpc) is 2.59. The Labute approximate surface area is 154 Å². The monoisotopic (exact) mass is 351 g/mol. The molecule has 0 spiro atoms. The Morgan fingerprint density at radius 1 is 1.08 bits per heavy atom. The van der Waals surface area contributed by atoms with Gasteiger partial charge in [-0.1, -0.05) is 69.3 Å². The second-order valence-electron chi connectivity index (χ2n) is 8.14. The van der Waals surface area contributed by atoms with E-state index in [9.17, 15) is 9.59 Å². The minimum absolute atomic E-state index is 0.191. The Kier molecular flexibility index (Phi) is 4.61. The molecule has 2 unspecified atom stereocenters. The van der Waals surface area contributed by atoms with Gasteiger partial charge in [-0.2, -0.15) is 0 Å². The number of cyclic esters (lactones) is 1. The van der Waals surface area contributed by atoms with Gasteiger partial charge in [-0.15, -0.1) is 0 Å². The Morgan fingerprint density at radius 3 is 2.35 bits per heavy atom. The van der Waals surface area contributed by atoms with Gasteiger partial charge < -0.3 is 10.1 Å². The number of carbonyl (C=O) groups excluding carboxylic acids is 2. The van der Waals surface area contributed by atoms with E-state index in [4.69, 9.17) is 4.74 Å². The summed E-state index contributed by atoms with van der Waals surface area (Å²) in [6, 6.07) is 17.0. The molecule has 0 fully saturated rings. The zero-order valence-corrected chi connectivity index (χ0v) is 15.7. The fourth-order valence-electron chi connectivity index (χ4n) is 3.39. The number of hydrogen-bond acceptors (Lipinski definition) is 3. The summed E-state index contributed by atoms with van der Waals surface area (Å²) in [7, 11) is 0. The number of carbonyl (C=O) groups is 2. The molecule has 2 aromatic rings. The number of amides is 1. The van der Waals surface area contributed by atoms with Gasteiger partial charge in [0, 0.05) is 6.42 Å². The number of hydrogen-bond donors (Lipinski definition) is 1. The SMILES string of the molecule is CC1(C(=O)NC(c2ccccc2)C(C)(C)C)Cc2ccccc2C(=O)O1. The molecule has 0 aliphatic carbocycles. The van der Waals surface area contributed by atoms with Crippen molar-refractivity contribution in [3.63, 3.8) is 0 Å². The average molecular weight is 351 g/mol. The van der Waals surface area contributed by atoms with Crippen molar-refractivity contribution in [1.29, 1.82) is 0 Å². The Hall–Kier alpha value is -2.62. The molecule has 3 rings (SSSR count). The Morgan fingerprint density at radius 2 is 1.69 bits per heavy atom. The van der Waals surface area contributed by atoms with Crippen molar-refractivity contribution in [3.05, 3.63) is 71.3 Å². The topological polar surface area (TPSA) is 55.4 Å². The Bertz CT molecular complexity index is 823. The molecular weight excluding hydrogens is 326 g/mol. The van der Waals surface area contributed by atoms with Gasteiger partial charge in [-0.3, -0.25) is 4.79 Å². The fourth-order valence-corrected chi connectivity index (χ4v) is 3.39. The van der Waals surface area contributed by atoms with E-state index in [1.807, 2.05) is 42.5 Å². The van der Waals surface area contributed by atoms with Crippen LogP contribution in [-0.4, -0.2) is 17.5 Å². The van der Waals surface area contributed by atoms with E-state index in [0.717, 1.165) is 11.1 Å². The highest BCUT2D eigenvalue weighted by atomic mass is 16.6. The third-order valence-electron chi connectivity index (χ3n) is 4.84. The molecule has 26 heavy (non-hydrogen) atoms. The zero-order valence-electron chi connectivity index (χ0n) is 15.7. The number of rotatable bonds is 3. The van der Waals surface area contributed by atoms with Crippen molar-refractivity contribution in [1.82, 2.24) is 5.32 Å². The van der Waals surface area contributed by atoms with Crippen LogP contribution >= 0.6 is 0 Å². The first-order valence-electron chi connectivity index (χ1n) is 8.88. The van der Waals surface area contributed by atoms with Crippen molar-refractivity contribution in [3.8, 4) is 0 Å². The standard InChI is InChI=1S/C22H25NO3/c1-21(2,3)18(15-10-6-5-7-11-15)23-20(25)22(4)14-16-12-8-9-13-17(16)19(24)26-22/h5-13,18H,14H2,1-4H3,(H,23,25). The molecule has 0 saturated heterocycles. The second kappa shape index (κ2) is 6.60. The van der Waals surface area contributed by atoms with Crippen LogP contribution in [0.25, 0.3) is 0 Å². The summed E-state index contributed by atoms with van der Waals surface area (Å²) in [6.45, 7) is 7.92. The van der Waals surface area contributed by atoms with Crippen LogP contribution in [0.1, 0.15) is 55.2 Å². The lowest BCUT2D eigenvalue weighted by atomic mass is 9.81. The van der Waals surface area contributed by atoms with Gasteiger partial charge in [0.1, 0.15) is 0 Å². The van der Waals surface area contributed by atoms with Crippen LogP contribution in [0.15, 0.2) is 54.6 Å². The van der Waals surface area contributed by atoms with Crippen molar-refractivity contribution < 1.29 is 14.3 Å². The second-order valence-corrected chi connectivity index (χ2v) is 8.14. The number of esters is 1. The molecule has 4 nitrogen and oxygen atoms in total. The van der Waals surface area contributed by atoms with Crippen LogP contribution in [0.4, 0.5) is 0 Å². The minimum Gasteiger partial charge on any atom is -0.445 e. The lowest BCUT2D eigenvalue weighted by molar-refractivity contribution is -0.141. The highest BCUT2D eigenvalue weighted by Crippen LogP contribution is 2.35. The van der Waals surface area contributed by atoms with E-state index < -0.39 is 11.6 Å². The summed E-state index contributed by atoms with van der Waals surface area (Å²) in [6.07, 6.45) is 0.367. The normalized spacial score (nSPS) is 20.7. The largest absolute Gasteiger partial charge is 0.445 e. The van der Waals surface area contributed by atoms with E-state index in [2.05, 4.69) is 26.1 Å². The summed E-state index contributed by atoms with van der Waals surface area (Å²) in [5, 5.41) is 3.12. The molecule has 0 saturated carbocycles. The van der Waals surface area contributed by atoms with Gasteiger partial charge in [-0.05, 0) is 29.5 Å². The van der Waals surface area contributed by atoms with Crippen molar-refractivity contribution >= 4 is 11.9 Å². The molecule has 4 heteroatoms. The summed E-state index contributed by atoms with van der Waals surface area (Å²) in [5.74, 6) is -0.722. The molecule has 1 aliphatic heterocycles. The zero-order chi connectivity index (χ0) is 18.9. The third kappa shape index (κ3) is 3.50. The summed E-state index contributed by atoms with van der Waals surface area (Å²) in [4.78, 5) is 25.5.